The first-order valence-electron chi connectivity index (χ1n) is 5.25. The van der Waals surface area contributed by atoms with Crippen LogP contribution in [-0.2, 0) is 24.4 Å². The van der Waals surface area contributed by atoms with Crippen LogP contribution in [0.2, 0.25) is 0 Å². The molecule has 0 bridgehead atoms. The maximum absolute atomic E-state index is 12.7. The first-order valence-corrected chi connectivity index (χ1v) is 6.69. The van der Waals surface area contributed by atoms with Gasteiger partial charge in [-0.15, -0.1) is 0 Å². The van der Waals surface area contributed by atoms with Gasteiger partial charge in [0.25, 0.3) is 0 Å². The van der Waals surface area contributed by atoms with Crippen LogP contribution in [0.5, 0.6) is 0 Å². The number of alkyl halides is 2. The molecule has 0 aliphatic heterocycles. The second kappa shape index (κ2) is 6.54. The summed E-state index contributed by atoms with van der Waals surface area (Å²) in [6, 6.07) is 2.67. The van der Waals surface area contributed by atoms with Crippen LogP contribution < -0.4 is 0 Å². The van der Waals surface area contributed by atoms with Crippen LogP contribution in [0.4, 0.5) is 8.78 Å². The Morgan fingerprint density at radius 3 is 2.24 bits per heavy atom. The number of hydrogen-bond donors (Lipinski definition) is 1. The van der Waals surface area contributed by atoms with Crippen molar-refractivity contribution in [1.29, 1.82) is 0 Å². The van der Waals surface area contributed by atoms with E-state index in [9.17, 15) is 26.8 Å². The standard InChI is InChI=1S/C10H9F2NO7S/c11-10(12,21(16,17)18)9(15)20-6-5-19-8(14)7-1-3-13-4-2-7/h1-4H,5-6H2,(H,16,17,18). The Bertz CT molecular complexity index is 618. The van der Waals surface area contributed by atoms with Crippen molar-refractivity contribution in [2.75, 3.05) is 13.2 Å². The highest BCUT2D eigenvalue weighted by atomic mass is 32.2. The average molecular weight is 325 g/mol. The molecule has 8 nitrogen and oxygen atoms in total. The Balaban J connectivity index is 2.42. The molecule has 1 N–H and O–H groups in total. The lowest BCUT2D eigenvalue weighted by atomic mass is 10.3. The van der Waals surface area contributed by atoms with Crippen molar-refractivity contribution in [2.45, 2.75) is 5.25 Å². The van der Waals surface area contributed by atoms with Gasteiger partial charge in [-0.25, -0.2) is 9.59 Å². The predicted octanol–water partition coefficient (Wildman–Crippen LogP) is 0.262. The van der Waals surface area contributed by atoms with E-state index in [0.29, 0.717) is 0 Å². The van der Waals surface area contributed by atoms with Crippen LogP contribution in [0.25, 0.3) is 0 Å². The van der Waals surface area contributed by atoms with Crippen LogP contribution in [0.3, 0.4) is 0 Å². The van der Waals surface area contributed by atoms with Crippen molar-refractivity contribution in [2.24, 2.45) is 0 Å². The van der Waals surface area contributed by atoms with Gasteiger partial charge >= 0.3 is 27.3 Å². The first-order chi connectivity index (χ1) is 9.66. The molecule has 1 aromatic heterocycles. The summed E-state index contributed by atoms with van der Waals surface area (Å²) in [6.45, 7) is -1.38. The van der Waals surface area contributed by atoms with Gasteiger partial charge in [0.2, 0.25) is 0 Å². The van der Waals surface area contributed by atoms with E-state index in [2.05, 4.69) is 14.5 Å². The van der Waals surface area contributed by atoms with E-state index in [1.54, 1.807) is 0 Å². The Hall–Kier alpha value is -2.14. The summed E-state index contributed by atoms with van der Waals surface area (Å²) in [5.74, 6) is -3.28. The van der Waals surface area contributed by atoms with Gasteiger partial charge in [-0.2, -0.15) is 17.2 Å². The molecule has 0 aromatic carbocycles. The van der Waals surface area contributed by atoms with Crippen molar-refractivity contribution >= 4 is 22.1 Å². The highest BCUT2D eigenvalue weighted by Gasteiger charge is 2.54. The molecule has 0 aliphatic carbocycles. The van der Waals surface area contributed by atoms with Crippen LogP contribution >= 0.6 is 0 Å². The molecule has 1 heterocycles. The largest absolute Gasteiger partial charge is 0.465 e. The average Bonchev–Trinajstić information content (AvgIpc) is 2.42. The van der Waals surface area contributed by atoms with E-state index in [0.717, 1.165) is 0 Å². The molecule has 0 radical (unpaired) electrons. The smallest absolute Gasteiger partial charge is 0.458 e. The zero-order valence-corrected chi connectivity index (χ0v) is 11.0. The van der Waals surface area contributed by atoms with Gasteiger partial charge in [0.1, 0.15) is 13.2 Å². The Morgan fingerprint density at radius 1 is 1.19 bits per heavy atom. The number of ether oxygens (including phenoxy) is 2. The second-order valence-electron chi connectivity index (χ2n) is 3.50. The molecule has 0 fully saturated rings. The molecule has 0 spiro atoms. The normalized spacial score (nSPS) is 11.8. The number of nitrogens with zero attached hydrogens (tertiary/aromatic N) is 1. The third-order valence-corrected chi connectivity index (χ3v) is 2.84. The number of esters is 2. The minimum Gasteiger partial charge on any atom is -0.458 e. The Labute approximate surface area is 117 Å². The lowest BCUT2D eigenvalue weighted by Gasteiger charge is -2.12. The number of halogens is 2. The summed E-state index contributed by atoms with van der Waals surface area (Å²) >= 11 is 0. The quantitative estimate of drug-likeness (QED) is 0.449. The predicted molar refractivity (Wildman–Crippen MR) is 62.0 cm³/mol. The molecule has 21 heavy (non-hydrogen) atoms. The lowest BCUT2D eigenvalue weighted by Crippen LogP contribution is -2.39. The zero-order valence-electron chi connectivity index (χ0n) is 10.2. The van der Waals surface area contributed by atoms with Gasteiger partial charge in [-0.3, -0.25) is 9.54 Å². The van der Waals surface area contributed by atoms with Crippen molar-refractivity contribution in [3.63, 3.8) is 0 Å². The molecule has 0 unspecified atom stereocenters. The lowest BCUT2D eigenvalue weighted by molar-refractivity contribution is -0.162. The second-order valence-corrected chi connectivity index (χ2v) is 4.96. The molecular formula is C10H9F2NO7S. The summed E-state index contributed by atoms with van der Waals surface area (Å²) in [6.07, 6.45) is 2.65. The van der Waals surface area contributed by atoms with Crippen LogP contribution in [0.15, 0.2) is 24.5 Å². The maximum Gasteiger partial charge on any atom is 0.465 e. The number of carbonyl (C=O) groups is 2. The van der Waals surface area contributed by atoms with E-state index in [1.807, 2.05) is 0 Å². The van der Waals surface area contributed by atoms with E-state index < -0.39 is 40.5 Å². The van der Waals surface area contributed by atoms with Crippen molar-refractivity contribution in [1.82, 2.24) is 4.98 Å². The first kappa shape index (κ1) is 16.9. The number of hydrogen-bond acceptors (Lipinski definition) is 7. The summed E-state index contributed by atoms with van der Waals surface area (Å²) < 4.78 is 62.6. The third-order valence-electron chi connectivity index (χ3n) is 2.03. The number of carbonyl (C=O) groups excluding carboxylic acids is 2. The molecule has 0 saturated carbocycles. The van der Waals surface area contributed by atoms with Crippen molar-refractivity contribution in [3.8, 4) is 0 Å². The molecule has 11 heteroatoms. The van der Waals surface area contributed by atoms with Crippen LogP contribution in [0.1, 0.15) is 10.4 Å². The van der Waals surface area contributed by atoms with E-state index >= 15 is 0 Å². The monoisotopic (exact) mass is 325 g/mol. The van der Waals surface area contributed by atoms with E-state index in [1.165, 1.54) is 24.5 Å². The Kier molecular flexibility index (Phi) is 5.27. The molecule has 0 atom stereocenters. The fraction of sp³-hybridized carbons (Fsp3) is 0.300. The van der Waals surface area contributed by atoms with Gasteiger partial charge in [0.15, 0.2) is 0 Å². The van der Waals surface area contributed by atoms with Gasteiger partial charge in [0, 0.05) is 12.4 Å². The van der Waals surface area contributed by atoms with Crippen LogP contribution in [-0.4, -0.2) is 48.4 Å². The SMILES string of the molecule is O=C(OCCOC(=O)C(F)(F)S(=O)(=O)O)c1ccncc1. The van der Waals surface area contributed by atoms with E-state index in [-0.39, 0.29) is 5.56 Å². The van der Waals surface area contributed by atoms with Crippen LogP contribution in [0, 0.1) is 0 Å². The summed E-state index contributed by atoms with van der Waals surface area (Å²) in [7, 11) is -5.92. The van der Waals surface area contributed by atoms with Crippen molar-refractivity contribution < 1.29 is 40.8 Å². The summed E-state index contributed by atoms with van der Waals surface area (Å²) in [4.78, 5) is 25.8. The molecule has 0 saturated heterocycles. The molecular weight excluding hydrogens is 316 g/mol. The highest BCUT2D eigenvalue weighted by Crippen LogP contribution is 2.21. The summed E-state index contributed by atoms with van der Waals surface area (Å²) in [5.41, 5.74) is 0.139. The molecule has 116 valence electrons. The molecule has 0 amide bonds. The molecule has 0 aliphatic rings. The number of rotatable bonds is 6. The zero-order chi connectivity index (χ0) is 16.1. The molecule has 1 rings (SSSR count). The highest BCUT2D eigenvalue weighted by molar-refractivity contribution is 7.87. The van der Waals surface area contributed by atoms with E-state index in [4.69, 9.17) is 4.55 Å². The van der Waals surface area contributed by atoms with Gasteiger partial charge in [0.05, 0.1) is 5.56 Å². The van der Waals surface area contributed by atoms with Gasteiger partial charge in [-0.05, 0) is 12.1 Å². The molecule has 1 aromatic rings. The summed E-state index contributed by atoms with van der Waals surface area (Å²) in [5, 5.41) is -5.08. The minimum atomic E-state index is -5.92. The number of pyridine rings is 1. The van der Waals surface area contributed by atoms with Gasteiger partial charge in [-0.1, -0.05) is 0 Å². The number of aromatic nitrogens is 1. The fourth-order valence-corrected chi connectivity index (χ4v) is 1.30. The third kappa shape index (κ3) is 4.43. The Morgan fingerprint density at radius 2 is 1.71 bits per heavy atom. The van der Waals surface area contributed by atoms with Gasteiger partial charge < -0.3 is 9.47 Å². The van der Waals surface area contributed by atoms with Crippen molar-refractivity contribution in [3.05, 3.63) is 30.1 Å². The maximum atomic E-state index is 12.7. The topological polar surface area (TPSA) is 120 Å². The fourth-order valence-electron chi connectivity index (χ4n) is 1.03. The minimum absolute atomic E-state index is 0.139.